The molecule has 5 nitrogen and oxygen atoms in total. The fourth-order valence-electron chi connectivity index (χ4n) is 2.49. The predicted octanol–water partition coefficient (Wildman–Crippen LogP) is 3.17. The van der Waals surface area contributed by atoms with E-state index in [2.05, 4.69) is 16.8 Å². The second kappa shape index (κ2) is 8.35. The van der Waals surface area contributed by atoms with Gasteiger partial charge in [0.1, 0.15) is 5.75 Å². The number of hydrogen-bond donors (Lipinski definition) is 0. The number of ether oxygens (including phenoxy) is 2. The molecule has 1 fully saturated rings. The minimum absolute atomic E-state index is 0.176. The predicted molar refractivity (Wildman–Crippen MR) is 97.2 cm³/mol. The van der Waals surface area contributed by atoms with Gasteiger partial charge in [0.15, 0.2) is 5.17 Å². The highest BCUT2D eigenvalue weighted by Crippen LogP contribution is 2.32. The molecule has 2 heterocycles. The fourth-order valence-corrected chi connectivity index (χ4v) is 3.44. The Balaban J connectivity index is 1.72. The van der Waals surface area contributed by atoms with Crippen molar-refractivity contribution in [3.05, 3.63) is 34.7 Å². The molecule has 0 N–H and O–H groups in total. The van der Waals surface area contributed by atoms with Gasteiger partial charge in [-0.2, -0.15) is 4.99 Å². The minimum Gasteiger partial charge on any atom is -0.493 e. The van der Waals surface area contributed by atoms with Gasteiger partial charge in [0.05, 0.1) is 24.7 Å². The van der Waals surface area contributed by atoms with E-state index in [9.17, 15) is 4.79 Å². The summed E-state index contributed by atoms with van der Waals surface area (Å²) in [6, 6.07) is 7.81. The lowest BCUT2D eigenvalue weighted by molar-refractivity contribution is -0.113. The first-order valence-electron chi connectivity index (χ1n) is 8.35. The van der Waals surface area contributed by atoms with E-state index in [-0.39, 0.29) is 5.91 Å². The lowest BCUT2D eigenvalue weighted by Gasteiger charge is -2.27. The maximum absolute atomic E-state index is 12.2. The molecule has 2 aliphatic heterocycles. The number of unbranched alkanes of at least 4 members (excludes halogenated alkanes) is 1. The fraction of sp³-hybridized carbons (Fsp3) is 0.444. The zero-order chi connectivity index (χ0) is 16.8. The molecule has 0 bridgehead atoms. The van der Waals surface area contributed by atoms with Gasteiger partial charge in [-0.1, -0.05) is 31.5 Å². The van der Waals surface area contributed by atoms with Crippen molar-refractivity contribution in [3.8, 4) is 5.75 Å². The van der Waals surface area contributed by atoms with Crippen LogP contribution in [0.5, 0.6) is 5.75 Å². The van der Waals surface area contributed by atoms with Gasteiger partial charge in [0.2, 0.25) is 0 Å². The SMILES string of the molecule is CCCCOc1ccccc1C=C1SC(N2CCOCC2)=NC1=O. The van der Waals surface area contributed by atoms with E-state index in [1.54, 1.807) is 0 Å². The largest absolute Gasteiger partial charge is 0.493 e. The molecule has 0 aromatic heterocycles. The Kier molecular flexibility index (Phi) is 5.93. The molecule has 1 aromatic carbocycles. The zero-order valence-electron chi connectivity index (χ0n) is 13.9. The summed E-state index contributed by atoms with van der Waals surface area (Å²) < 4.78 is 11.2. The summed E-state index contributed by atoms with van der Waals surface area (Å²) in [5, 5.41) is 0.777. The number of amidine groups is 1. The lowest BCUT2D eigenvalue weighted by atomic mass is 10.2. The lowest BCUT2D eigenvalue weighted by Crippen LogP contribution is -2.38. The Morgan fingerprint density at radius 2 is 2.12 bits per heavy atom. The topological polar surface area (TPSA) is 51.1 Å². The molecule has 0 aliphatic carbocycles. The normalized spacial score (nSPS) is 19.7. The smallest absolute Gasteiger partial charge is 0.286 e. The van der Waals surface area contributed by atoms with Crippen LogP contribution in [0.4, 0.5) is 0 Å². The first-order chi connectivity index (χ1) is 11.8. The average Bonchev–Trinajstić information content (AvgIpc) is 2.98. The molecular formula is C18H22N2O3S. The van der Waals surface area contributed by atoms with Crippen molar-refractivity contribution in [3.63, 3.8) is 0 Å². The van der Waals surface area contributed by atoms with Crippen LogP contribution in [0.1, 0.15) is 25.3 Å². The van der Waals surface area contributed by atoms with E-state index in [0.717, 1.165) is 42.4 Å². The van der Waals surface area contributed by atoms with Crippen molar-refractivity contribution in [2.45, 2.75) is 19.8 Å². The van der Waals surface area contributed by atoms with Gasteiger partial charge < -0.3 is 14.4 Å². The maximum Gasteiger partial charge on any atom is 0.286 e. The number of amides is 1. The van der Waals surface area contributed by atoms with Gasteiger partial charge in [-0.05, 0) is 30.3 Å². The molecule has 6 heteroatoms. The van der Waals surface area contributed by atoms with Gasteiger partial charge in [0, 0.05) is 18.7 Å². The van der Waals surface area contributed by atoms with Crippen molar-refractivity contribution in [1.82, 2.24) is 4.90 Å². The highest BCUT2D eigenvalue weighted by atomic mass is 32.2. The second-order valence-electron chi connectivity index (χ2n) is 5.65. The standard InChI is InChI=1S/C18H22N2O3S/c1-2-3-10-23-15-7-5-4-6-14(15)13-16-17(21)19-18(24-16)20-8-11-22-12-9-20/h4-7,13H,2-3,8-12H2,1H3. The Morgan fingerprint density at radius 3 is 2.92 bits per heavy atom. The van der Waals surface area contributed by atoms with E-state index in [1.165, 1.54) is 11.8 Å². The number of para-hydroxylation sites is 1. The molecular weight excluding hydrogens is 324 g/mol. The van der Waals surface area contributed by atoms with Gasteiger partial charge in [-0.15, -0.1) is 0 Å². The monoisotopic (exact) mass is 346 g/mol. The molecule has 0 atom stereocenters. The summed E-state index contributed by atoms with van der Waals surface area (Å²) in [7, 11) is 0. The molecule has 0 spiro atoms. The summed E-state index contributed by atoms with van der Waals surface area (Å²) in [6.45, 7) is 5.75. The summed E-state index contributed by atoms with van der Waals surface area (Å²) >= 11 is 1.43. The Labute approximate surface area is 146 Å². The van der Waals surface area contributed by atoms with Gasteiger partial charge >= 0.3 is 0 Å². The quantitative estimate of drug-likeness (QED) is 0.605. The molecule has 0 radical (unpaired) electrons. The molecule has 1 aromatic rings. The van der Waals surface area contributed by atoms with E-state index in [1.807, 2.05) is 30.3 Å². The number of nitrogens with zero attached hydrogens (tertiary/aromatic N) is 2. The van der Waals surface area contributed by atoms with E-state index < -0.39 is 0 Å². The number of morpholine rings is 1. The Hall–Kier alpha value is -1.79. The van der Waals surface area contributed by atoms with Crippen molar-refractivity contribution < 1.29 is 14.3 Å². The van der Waals surface area contributed by atoms with Crippen LogP contribution in [0.3, 0.4) is 0 Å². The first-order valence-corrected chi connectivity index (χ1v) is 9.16. The van der Waals surface area contributed by atoms with Crippen LogP contribution in [0.2, 0.25) is 0 Å². The van der Waals surface area contributed by atoms with Crippen molar-refractivity contribution in [1.29, 1.82) is 0 Å². The van der Waals surface area contributed by atoms with Crippen LogP contribution in [-0.4, -0.2) is 48.9 Å². The molecule has 1 amide bonds. The number of aliphatic imine (C=N–C) groups is 1. The van der Waals surface area contributed by atoms with Gasteiger partial charge in [-0.3, -0.25) is 4.79 Å². The molecule has 24 heavy (non-hydrogen) atoms. The average molecular weight is 346 g/mol. The van der Waals surface area contributed by atoms with Crippen molar-refractivity contribution >= 4 is 28.9 Å². The van der Waals surface area contributed by atoms with Crippen LogP contribution in [0.25, 0.3) is 6.08 Å². The molecule has 2 aliphatic rings. The third kappa shape index (κ3) is 4.19. The highest BCUT2D eigenvalue weighted by Gasteiger charge is 2.27. The van der Waals surface area contributed by atoms with E-state index >= 15 is 0 Å². The van der Waals surface area contributed by atoms with Crippen molar-refractivity contribution in [2.24, 2.45) is 4.99 Å². The molecule has 0 saturated carbocycles. The molecule has 1 saturated heterocycles. The number of benzene rings is 1. The van der Waals surface area contributed by atoms with Gasteiger partial charge in [-0.25, -0.2) is 0 Å². The number of hydrogen-bond acceptors (Lipinski definition) is 5. The minimum atomic E-state index is -0.176. The number of carbonyl (C=O) groups excluding carboxylic acids is 1. The number of carbonyl (C=O) groups is 1. The summed E-state index contributed by atoms with van der Waals surface area (Å²) in [5.41, 5.74) is 0.919. The Morgan fingerprint density at radius 1 is 1.33 bits per heavy atom. The number of thioether (sulfide) groups is 1. The third-order valence-corrected chi connectivity index (χ3v) is 4.90. The zero-order valence-corrected chi connectivity index (χ0v) is 14.7. The number of rotatable bonds is 5. The Bertz CT molecular complexity index is 651. The van der Waals surface area contributed by atoms with Gasteiger partial charge in [0.25, 0.3) is 5.91 Å². The highest BCUT2D eigenvalue weighted by molar-refractivity contribution is 8.18. The van der Waals surface area contributed by atoms with Crippen LogP contribution in [0.15, 0.2) is 34.2 Å². The molecule has 0 unspecified atom stereocenters. The summed E-state index contributed by atoms with van der Waals surface area (Å²) in [6.07, 6.45) is 3.99. The van der Waals surface area contributed by atoms with Crippen LogP contribution in [0, 0.1) is 0 Å². The second-order valence-corrected chi connectivity index (χ2v) is 6.66. The maximum atomic E-state index is 12.2. The third-order valence-electron chi connectivity index (χ3n) is 3.85. The first kappa shape index (κ1) is 17.0. The van der Waals surface area contributed by atoms with Crippen LogP contribution >= 0.6 is 11.8 Å². The van der Waals surface area contributed by atoms with Crippen LogP contribution < -0.4 is 4.74 Å². The molecule has 3 rings (SSSR count). The van der Waals surface area contributed by atoms with E-state index in [0.29, 0.717) is 24.7 Å². The molecule has 128 valence electrons. The van der Waals surface area contributed by atoms with Crippen LogP contribution in [-0.2, 0) is 9.53 Å². The summed E-state index contributed by atoms with van der Waals surface area (Å²) in [5.74, 6) is 0.636. The van der Waals surface area contributed by atoms with E-state index in [4.69, 9.17) is 9.47 Å². The summed E-state index contributed by atoms with van der Waals surface area (Å²) in [4.78, 5) is 19.2. The van der Waals surface area contributed by atoms with Crippen molar-refractivity contribution in [2.75, 3.05) is 32.9 Å².